The Kier molecular flexibility index (Phi) is 4.61. The fourth-order valence-electron chi connectivity index (χ4n) is 4.54. The third-order valence-electron chi connectivity index (χ3n) is 6.08. The lowest BCUT2D eigenvalue weighted by atomic mass is 9.95. The summed E-state index contributed by atoms with van der Waals surface area (Å²) < 4.78 is 0. The molecule has 0 unspecified atom stereocenters. The van der Waals surface area contributed by atoms with Gasteiger partial charge in [-0.1, -0.05) is 43.0 Å². The number of hydrogen-bond acceptors (Lipinski definition) is 2. The van der Waals surface area contributed by atoms with Gasteiger partial charge < -0.3 is 15.6 Å². The second-order valence-electron chi connectivity index (χ2n) is 7.95. The highest BCUT2D eigenvalue weighted by Gasteiger charge is 2.26. The number of nitrogens with one attached hydrogen (secondary N) is 3. The first-order chi connectivity index (χ1) is 13.7. The topological polar surface area (TPSA) is 56.9 Å². The molecule has 5 rings (SSSR count). The summed E-state index contributed by atoms with van der Waals surface area (Å²) in [5.41, 5.74) is 5.82. The molecular formula is C23H24ClN3O. The van der Waals surface area contributed by atoms with Gasteiger partial charge in [-0.3, -0.25) is 4.79 Å². The van der Waals surface area contributed by atoms with E-state index >= 15 is 0 Å². The molecule has 5 heteroatoms. The first kappa shape index (κ1) is 17.8. The zero-order valence-electron chi connectivity index (χ0n) is 15.8. The molecule has 1 aliphatic heterocycles. The van der Waals surface area contributed by atoms with E-state index in [0.717, 1.165) is 28.9 Å². The van der Waals surface area contributed by atoms with E-state index in [0.29, 0.717) is 23.2 Å². The zero-order chi connectivity index (χ0) is 19.1. The number of H-pyrrole nitrogens is 1. The zero-order valence-corrected chi connectivity index (χ0v) is 16.5. The molecule has 1 aliphatic carbocycles. The van der Waals surface area contributed by atoms with Gasteiger partial charge in [0.15, 0.2) is 0 Å². The largest absolute Gasteiger partial charge is 0.355 e. The van der Waals surface area contributed by atoms with Crippen LogP contribution in [0.5, 0.6) is 0 Å². The minimum atomic E-state index is -0.0523. The number of halogens is 1. The minimum absolute atomic E-state index is 0.0523. The van der Waals surface area contributed by atoms with E-state index in [1.165, 1.54) is 43.1 Å². The van der Waals surface area contributed by atoms with Crippen molar-refractivity contribution in [3.8, 4) is 11.3 Å². The van der Waals surface area contributed by atoms with Gasteiger partial charge in [0.25, 0.3) is 5.91 Å². The van der Waals surface area contributed by atoms with Crippen LogP contribution < -0.4 is 10.6 Å². The molecule has 1 saturated carbocycles. The van der Waals surface area contributed by atoms with E-state index in [9.17, 15) is 4.79 Å². The van der Waals surface area contributed by atoms with Gasteiger partial charge in [-0.2, -0.15) is 0 Å². The molecular weight excluding hydrogens is 370 g/mol. The summed E-state index contributed by atoms with van der Waals surface area (Å²) >= 11 is 6.28. The van der Waals surface area contributed by atoms with Crippen molar-refractivity contribution in [3.63, 3.8) is 0 Å². The molecule has 2 aromatic carbocycles. The predicted molar refractivity (Wildman–Crippen MR) is 114 cm³/mol. The van der Waals surface area contributed by atoms with Crippen LogP contribution in [-0.2, 0) is 13.1 Å². The van der Waals surface area contributed by atoms with Crippen LogP contribution in [0.4, 0.5) is 0 Å². The molecule has 2 aliphatic rings. The molecule has 0 spiro atoms. The van der Waals surface area contributed by atoms with Gasteiger partial charge in [-0.15, -0.1) is 0 Å². The van der Waals surface area contributed by atoms with E-state index in [-0.39, 0.29) is 5.91 Å². The Morgan fingerprint density at radius 3 is 2.79 bits per heavy atom. The lowest BCUT2D eigenvalue weighted by Gasteiger charge is -2.22. The summed E-state index contributed by atoms with van der Waals surface area (Å²) in [5, 5.41) is 8.40. The third kappa shape index (κ3) is 3.21. The van der Waals surface area contributed by atoms with Gasteiger partial charge in [0.05, 0.1) is 5.56 Å². The summed E-state index contributed by atoms with van der Waals surface area (Å²) in [7, 11) is 0. The molecule has 28 heavy (non-hydrogen) atoms. The fraction of sp³-hybridized carbons (Fsp3) is 0.348. The maximum atomic E-state index is 12.3. The maximum Gasteiger partial charge on any atom is 0.252 e. The number of aromatic amines is 1. The Labute approximate surface area is 169 Å². The molecule has 0 radical (unpaired) electrons. The molecule has 1 amide bonds. The first-order valence-electron chi connectivity index (χ1n) is 10.1. The molecule has 3 N–H and O–H groups in total. The van der Waals surface area contributed by atoms with Gasteiger partial charge >= 0.3 is 0 Å². The number of aromatic nitrogens is 1. The normalized spacial score (nSPS) is 17.1. The minimum Gasteiger partial charge on any atom is -0.355 e. The number of hydrogen-bond donors (Lipinski definition) is 3. The highest BCUT2D eigenvalue weighted by molar-refractivity contribution is 6.32. The van der Waals surface area contributed by atoms with Crippen molar-refractivity contribution in [1.29, 1.82) is 0 Å². The standard InChI is InChI=1S/C23H24ClN3O/c24-19-8-7-17(22-18(19)13-26-23(22)28)21-11-15-10-14(6-9-20(15)27-21)12-25-16-4-2-1-3-5-16/h6-11,16,25,27H,1-5,12-13H2,(H,26,28). The van der Waals surface area contributed by atoms with Gasteiger partial charge in [-0.25, -0.2) is 0 Å². The van der Waals surface area contributed by atoms with Gasteiger partial charge in [0.1, 0.15) is 0 Å². The molecule has 0 saturated heterocycles. The van der Waals surface area contributed by atoms with E-state index in [4.69, 9.17) is 11.6 Å². The van der Waals surface area contributed by atoms with E-state index < -0.39 is 0 Å². The molecule has 4 nitrogen and oxygen atoms in total. The quantitative estimate of drug-likeness (QED) is 0.573. The molecule has 0 bridgehead atoms. The van der Waals surface area contributed by atoms with Crippen molar-refractivity contribution in [1.82, 2.24) is 15.6 Å². The van der Waals surface area contributed by atoms with Crippen LogP contribution in [0.1, 0.15) is 53.6 Å². The van der Waals surface area contributed by atoms with Crippen LogP contribution in [0.25, 0.3) is 22.2 Å². The first-order valence-corrected chi connectivity index (χ1v) is 10.5. The Morgan fingerprint density at radius 1 is 1.07 bits per heavy atom. The van der Waals surface area contributed by atoms with Gasteiger partial charge in [0.2, 0.25) is 0 Å². The second-order valence-corrected chi connectivity index (χ2v) is 8.36. The second kappa shape index (κ2) is 7.26. The smallest absolute Gasteiger partial charge is 0.252 e. The summed E-state index contributed by atoms with van der Waals surface area (Å²) in [4.78, 5) is 15.8. The van der Waals surface area contributed by atoms with Crippen LogP contribution in [0, 0.1) is 0 Å². The SMILES string of the molecule is O=C1NCc2c(Cl)ccc(-c3cc4cc(CNC5CCCCC5)ccc4[nH]3)c21. The summed E-state index contributed by atoms with van der Waals surface area (Å²) in [6.45, 7) is 1.40. The number of carbonyl (C=O) groups excluding carboxylic acids is 1. The molecule has 0 atom stereocenters. The Hall–Kier alpha value is -2.30. The van der Waals surface area contributed by atoms with E-state index in [1.54, 1.807) is 0 Å². The summed E-state index contributed by atoms with van der Waals surface area (Å²) in [6, 6.07) is 13.1. The number of benzene rings is 2. The molecule has 144 valence electrons. The highest BCUT2D eigenvalue weighted by Crippen LogP contribution is 2.34. The van der Waals surface area contributed by atoms with E-state index in [1.807, 2.05) is 12.1 Å². The van der Waals surface area contributed by atoms with Crippen LogP contribution in [0.15, 0.2) is 36.4 Å². The van der Waals surface area contributed by atoms with Gasteiger partial charge in [0, 0.05) is 51.9 Å². The van der Waals surface area contributed by atoms with Crippen molar-refractivity contribution >= 4 is 28.4 Å². The van der Waals surface area contributed by atoms with Crippen molar-refractivity contribution in [3.05, 3.63) is 58.1 Å². The molecule has 1 fully saturated rings. The maximum absolute atomic E-state index is 12.3. The van der Waals surface area contributed by atoms with Crippen molar-refractivity contribution in [2.75, 3.05) is 0 Å². The van der Waals surface area contributed by atoms with Crippen LogP contribution in [-0.4, -0.2) is 16.9 Å². The molecule has 2 heterocycles. The van der Waals surface area contributed by atoms with Crippen LogP contribution >= 0.6 is 11.6 Å². The number of amides is 1. The van der Waals surface area contributed by atoms with Crippen LogP contribution in [0.3, 0.4) is 0 Å². The molecule has 3 aromatic rings. The summed E-state index contributed by atoms with van der Waals surface area (Å²) in [6.07, 6.45) is 6.65. The van der Waals surface area contributed by atoms with Crippen molar-refractivity contribution in [2.24, 2.45) is 0 Å². The lowest BCUT2D eigenvalue weighted by molar-refractivity contribution is 0.0966. The lowest BCUT2D eigenvalue weighted by Crippen LogP contribution is -2.30. The average Bonchev–Trinajstić information content (AvgIpc) is 3.32. The Morgan fingerprint density at radius 2 is 1.93 bits per heavy atom. The number of rotatable bonds is 4. The van der Waals surface area contributed by atoms with Gasteiger partial charge in [-0.05, 0) is 42.7 Å². The molecule has 1 aromatic heterocycles. The summed E-state index contributed by atoms with van der Waals surface area (Å²) in [5.74, 6) is -0.0523. The predicted octanol–water partition coefficient (Wildman–Crippen LogP) is 5.15. The Balaban J connectivity index is 1.43. The Bertz CT molecular complexity index is 1050. The van der Waals surface area contributed by atoms with Crippen LogP contribution in [0.2, 0.25) is 5.02 Å². The van der Waals surface area contributed by atoms with Crippen molar-refractivity contribution < 1.29 is 4.79 Å². The fourth-order valence-corrected chi connectivity index (χ4v) is 4.77. The third-order valence-corrected chi connectivity index (χ3v) is 6.44. The average molecular weight is 394 g/mol. The highest BCUT2D eigenvalue weighted by atomic mass is 35.5. The van der Waals surface area contributed by atoms with Crippen molar-refractivity contribution in [2.45, 2.75) is 51.2 Å². The monoisotopic (exact) mass is 393 g/mol. The number of carbonyl (C=O) groups is 1. The number of fused-ring (bicyclic) bond motifs is 2. The van der Waals surface area contributed by atoms with E-state index in [2.05, 4.69) is 39.9 Å².